The average Bonchev–Trinajstić information content (AvgIpc) is 2.93. The van der Waals surface area contributed by atoms with Gasteiger partial charge in [0.1, 0.15) is 5.82 Å². The third kappa shape index (κ3) is 4.48. The summed E-state index contributed by atoms with van der Waals surface area (Å²) in [7, 11) is 1.49. The number of fused-ring (bicyclic) bond motifs is 1. The third-order valence-corrected chi connectivity index (χ3v) is 6.08. The molecule has 38 heavy (non-hydrogen) atoms. The number of hydrogen-bond donors (Lipinski definition) is 3. The summed E-state index contributed by atoms with van der Waals surface area (Å²) >= 11 is 0. The van der Waals surface area contributed by atoms with E-state index in [1.807, 2.05) is 61.5 Å². The second kappa shape index (κ2) is 9.97. The Labute approximate surface area is 217 Å². The molecule has 3 aromatic heterocycles. The Hall–Kier alpha value is -5.32. The van der Waals surface area contributed by atoms with Crippen LogP contribution in [-0.4, -0.2) is 37.5 Å². The van der Waals surface area contributed by atoms with Crippen molar-refractivity contribution in [3.05, 3.63) is 94.8 Å². The molecule has 11 nitrogen and oxygen atoms in total. The molecule has 1 unspecified atom stereocenters. The number of methoxy groups -OCH3 is 1. The second-order valence-electron chi connectivity index (χ2n) is 8.49. The molecule has 0 saturated heterocycles. The van der Waals surface area contributed by atoms with Gasteiger partial charge in [-0.25, -0.2) is 15.0 Å². The van der Waals surface area contributed by atoms with Crippen molar-refractivity contribution in [3.8, 4) is 22.8 Å². The molecule has 1 atom stereocenters. The van der Waals surface area contributed by atoms with Crippen LogP contribution in [0.15, 0.2) is 78.0 Å². The van der Waals surface area contributed by atoms with Gasteiger partial charge in [0, 0.05) is 35.5 Å². The van der Waals surface area contributed by atoms with Gasteiger partial charge in [-0.1, -0.05) is 36.4 Å². The number of nitrogens with two attached hydrogens (primary N) is 2. The minimum atomic E-state index is -0.704. The molecule has 5 N–H and O–H groups in total. The number of amides is 1. The van der Waals surface area contributed by atoms with Gasteiger partial charge in [0.05, 0.1) is 24.1 Å². The molecule has 0 saturated carbocycles. The maximum atomic E-state index is 14.2. The van der Waals surface area contributed by atoms with Crippen molar-refractivity contribution in [2.24, 2.45) is 5.73 Å². The van der Waals surface area contributed by atoms with E-state index in [-0.39, 0.29) is 28.9 Å². The highest BCUT2D eigenvalue weighted by atomic mass is 16.5. The van der Waals surface area contributed by atoms with E-state index in [4.69, 9.17) is 16.2 Å². The molecular formula is C27H24N8O3. The molecule has 3 heterocycles. The fraction of sp³-hybridized carbons (Fsp3) is 0.111. The molecule has 0 bridgehead atoms. The topological polar surface area (TPSA) is 164 Å². The molecule has 5 aromatic rings. The van der Waals surface area contributed by atoms with Gasteiger partial charge >= 0.3 is 6.01 Å². The first-order valence-electron chi connectivity index (χ1n) is 11.7. The number of primary amides is 1. The fourth-order valence-electron chi connectivity index (χ4n) is 4.31. The van der Waals surface area contributed by atoms with Crippen LogP contribution in [0.25, 0.3) is 27.6 Å². The van der Waals surface area contributed by atoms with Gasteiger partial charge in [0.2, 0.25) is 5.95 Å². The lowest BCUT2D eigenvalue weighted by Gasteiger charge is -2.22. The van der Waals surface area contributed by atoms with E-state index in [1.54, 1.807) is 17.0 Å². The number of carbonyl (C=O) groups is 1. The molecule has 1 amide bonds. The molecule has 11 heteroatoms. The molecule has 0 aliphatic rings. The van der Waals surface area contributed by atoms with Gasteiger partial charge in [-0.3, -0.25) is 14.2 Å². The predicted octanol–water partition coefficient (Wildman–Crippen LogP) is 3.10. The number of para-hydroxylation sites is 1. The van der Waals surface area contributed by atoms with E-state index in [0.29, 0.717) is 27.9 Å². The van der Waals surface area contributed by atoms with E-state index in [2.05, 4.69) is 25.3 Å². The van der Waals surface area contributed by atoms with Crippen molar-refractivity contribution in [3.63, 3.8) is 0 Å². The number of pyridine rings is 1. The summed E-state index contributed by atoms with van der Waals surface area (Å²) in [4.78, 5) is 42.6. The monoisotopic (exact) mass is 508 g/mol. The van der Waals surface area contributed by atoms with E-state index < -0.39 is 11.9 Å². The lowest BCUT2D eigenvalue weighted by Crippen LogP contribution is -2.27. The number of aromatic nitrogens is 5. The predicted molar refractivity (Wildman–Crippen MR) is 144 cm³/mol. The third-order valence-electron chi connectivity index (χ3n) is 6.08. The van der Waals surface area contributed by atoms with Crippen LogP contribution in [0.3, 0.4) is 0 Å². The van der Waals surface area contributed by atoms with Crippen molar-refractivity contribution >= 4 is 28.4 Å². The van der Waals surface area contributed by atoms with Gasteiger partial charge in [-0.15, -0.1) is 0 Å². The van der Waals surface area contributed by atoms with E-state index in [0.717, 1.165) is 5.39 Å². The molecular weight excluding hydrogens is 484 g/mol. The van der Waals surface area contributed by atoms with Gasteiger partial charge in [0.15, 0.2) is 0 Å². The van der Waals surface area contributed by atoms with Gasteiger partial charge in [0.25, 0.3) is 11.5 Å². The van der Waals surface area contributed by atoms with Gasteiger partial charge in [-0.05, 0) is 36.1 Å². The van der Waals surface area contributed by atoms with E-state index >= 15 is 0 Å². The van der Waals surface area contributed by atoms with Crippen LogP contribution in [0.4, 0.5) is 11.8 Å². The molecule has 190 valence electrons. The lowest BCUT2D eigenvalue weighted by molar-refractivity contribution is 0.100. The van der Waals surface area contributed by atoms with Crippen molar-refractivity contribution in [2.75, 3.05) is 18.2 Å². The van der Waals surface area contributed by atoms with Crippen LogP contribution < -0.4 is 27.1 Å². The molecule has 2 aromatic carbocycles. The summed E-state index contributed by atoms with van der Waals surface area (Å²) in [5.74, 6) is -0.547. The molecule has 0 aliphatic carbocycles. The first kappa shape index (κ1) is 24.4. The summed E-state index contributed by atoms with van der Waals surface area (Å²) in [6.07, 6.45) is 4.51. The first-order valence-corrected chi connectivity index (χ1v) is 11.7. The minimum Gasteiger partial charge on any atom is -0.467 e. The number of ether oxygens (including phenoxy) is 1. The van der Waals surface area contributed by atoms with Crippen molar-refractivity contribution in [2.45, 2.75) is 13.0 Å². The first-order chi connectivity index (χ1) is 18.4. The van der Waals surface area contributed by atoms with E-state index in [9.17, 15) is 9.59 Å². The number of rotatable bonds is 7. The summed E-state index contributed by atoms with van der Waals surface area (Å²) in [5.41, 5.74) is 13.8. The van der Waals surface area contributed by atoms with Crippen molar-refractivity contribution in [1.82, 2.24) is 24.5 Å². The summed E-state index contributed by atoms with van der Waals surface area (Å²) in [6, 6.07) is 16.5. The zero-order valence-corrected chi connectivity index (χ0v) is 20.6. The van der Waals surface area contributed by atoms with Gasteiger partial charge < -0.3 is 21.5 Å². The lowest BCUT2D eigenvalue weighted by atomic mass is 9.99. The summed E-state index contributed by atoms with van der Waals surface area (Å²) in [6.45, 7) is 1.85. The van der Waals surface area contributed by atoms with Crippen molar-refractivity contribution < 1.29 is 9.53 Å². The van der Waals surface area contributed by atoms with Crippen LogP contribution in [0, 0.1) is 0 Å². The largest absolute Gasteiger partial charge is 0.467 e. The zero-order chi connectivity index (χ0) is 26.8. The van der Waals surface area contributed by atoms with Crippen LogP contribution in [0.5, 0.6) is 6.01 Å². The number of nitrogens with one attached hydrogen (secondary N) is 1. The maximum absolute atomic E-state index is 14.2. The van der Waals surface area contributed by atoms with Crippen molar-refractivity contribution in [1.29, 1.82) is 0 Å². The highest BCUT2D eigenvalue weighted by Gasteiger charge is 2.21. The number of nitrogens with zero attached hydrogens (tertiary/aromatic N) is 5. The number of benzene rings is 2. The van der Waals surface area contributed by atoms with Crippen LogP contribution in [0.2, 0.25) is 0 Å². The standard InChI is InChI=1S/C27H24N8O3/c1-15(33-24-20(23(28)36)14-30-26(29)34-24)21-11-16-7-6-10-19(17-12-31-27(38-2)32-13-17)22(16)25(37)35(21)18-8-4-3-5-9-18/h3-15H,1-2H3,(H2,28,36)(H3,29,30,33,34). The van der Waals surface area contributed by atoms with E-state index in [1.165, 1.54) is 13.3 Å². The number of nitrogen functional groups attached to an aromatic ring is 1. The average molecular weight is 509 g/mol. The summed E-state index contributed by atoms with van der Waals surface area (Å²) in [5, 5.41) is 4.41. The number of carbonyl (C=O) groups excluding carboxylic acids is 1. The van der Waals surface area contributed by atoms with Crippen LogP contribution >= 0.6 is 0 Å². The highest BCUT2D eigenvalue weighted by molar-refractivity contribution is 5.98. The Morgan fingerprint density at radius 2 is 1.76 bits per heavy atom. The summed E-state index contributed by atoms with van der Waals surface area (Å²) < 4.78 is 6.70. The molecule has 0 aliphatic heterocycles. The Morgan fingerprint density at radius 3 is 2.45 bits per heavy atom. The Balaban J connectivity index is 1.72. The Kier molecular flexibility index (Phi) is 6.40. The van der Waals surface area contributed by atoms with Crippen LogP contribution in [0.1, 0.15) is 29.0 Å². The highest BCUT2D eigenvalue weighted by Crippen LogP contribution is 2.30. The molecule has 0 fully saturated rings. The molecule has 5 rings (SSSR count). The Bertz CT molecular complexity index is 1700. The Morgan fingerprint density at radius 1 is 1.03 bits per heavy atom. The normalized spacial score (nSPS) is 11.7. The number of anilines is 2. The van der Waals surface area contributed by atoms with Crippen LogP contribution in [-0.2, 0) is 0 Å². The molecule has 0 radical (unpaired) electrons. The van der Waals surface area contributed by atoms with Gasteiger partial charge in [-0.2, -0.15) is 4.98 Å². The SMILES string of the molecule is COc1ncc(-c2cccc3cc(C(C)Nc4nc(N)ncc4C(N)=O)n(-c4ccccc4)c(=O)c23)cn1. The minimum absolute atomic E-state index is 0.0185. The molecule has 0 spiro atoms. The quantitative estimate of drug-likeness (QED) is 0.300. The smallest absolute Gasteiger partial charge is 0.316 e. The zero-order valence-electron chi connectivity index (χ0n) is 20.6. The number of hydrogen-bond acceptors (Lipinski definition) is 9. The fourth-order valence-corrected chi connectivity index (χ4v) is 4.31. The second-order valence-corrected chi connectivity index (χ2v) is 8.49. The maximum Gasteiger partial charge on any atom is 0.316 e.